The van der Waals surface area contributed by atoms with E-state index in [0.717, 1.165) is 11.4 Å². The molecule has 0 radical (unpaired) electrons. The lowest BCUT2D eigenvalue weighted by atomic mass is 10.4. The summed E-state index contributed by atoms with van der Waals surface area (Å²) in [5.41, 5.74) is 2.23. The molecule has 1 N–H and O–H groups in total. The van der Waals surface area contributed by atoms with E-state index < -0.39 is 0 Å². The Morgan fingerprint density at radius 1 is 0.750 bits per heavy atom. The van der Waals surface area contributed by atoms with Gasteiger partial charge in [0, 0.05) is 5.69 Å². The zero-order valence-corrected chi connectivity index (χ0v) is 20.2. The van der Waals surface area contributed by atoms with Gasteiger partial charge in [-0.25, -0.2) is 0 Å². The Morgan fingerprint density at radius 3 is 1.62 bits per heavy atom. The predicted molar refractivity (Wildman–Crippen MR) is 126 cm³/mol. The molecule has 24 heavy (non-hydrogen) atoms. The molecule has 0 atom stereocenters. The van der Waals surface area contributed by atoms with Crippen molar-refractivity contribution in [3.63, 3.8) is 0 Å². The molecule has 0 unspecified atom stereocenters. The number of aromatic amines is 1. The topological polar surface area (TPSA) is 28.7 Å². The van der Waals surface area contributed by atoms with E-state index >= 15 is 0 Å². The van der Waals surface area contributed by atoms with Gasteiger partial charge in [-0.15, -0.1) is 35.3 Å². The van der Waals surface area contributed by atoms with Crippen molar-refractivity contribution in [1.82, 2.24) is 10.2 Å². The van der Waals surface area contributed by atoms with Crippen LogP contribution in [0.3, 0.4) is 0 Å². The highest BCUT2D eigenvalue weighted by molar-refractivity contribution is 8.44. The smallest absolute Gasteiger partial charge is 0.0733 e. The SMILES string of the molecule is CSC1=C(SC)SC(=C2SC(SC)=C(Sc3c(C)n[nH]c3C)S2)S1. The first-order valence-corrected chi connectivity index (χ1v) is 14.6. The van der Waals surface area contributed by atoms with Crippen LogP contribution in [0.2, 0.25) is 0 Å². The molecule has 0 aromatic carbocycles. The van der Waals surface area contributed by atoms with Crippen LogP contribution >= 0.6 is 94.1 Å². The average molecular weight is 469 g/mol. The van der Waals surface area contributed by atoms with E-state index in [2.05, 4.69) is 42.8 Å². The van der Waals surface area contributed by atoms with Crippen molar-refractivity contribution in [2.45, 2.75) is 18.7 Å². The van der Waals surface area contributed by atoms with Crippen LogP contribution in [0.5, 0.6) is 0 Å². The summed E-state index contributed by atoms with van der Waals surface area (Å²) in [6.07, 6.45) is 6.50. The minimum absolute atomic E-state index is 1.08. The van der Waals surface area contributed by atoms with Crippen LogP contribution in [0, 0.1) is 13.8 Å². The first-order chi connectivity index (χ1) is 11.6. The van der Waals surface area contributed by atoms with Crippen molar-refractivity contribution in [2.24, 2.45) is 0 Å². The van der Waals surface area contributed by atoms with Crippen molar-refractivity contribution >= 4 is 94.1 Å². The van der Waals surface area contributed by atoms with Crippen molar-refractivity contribution in [2.75, 3.05) is 18.8 Å². The van der Waals surface area contributed by atoms with Crippen molar-refractivity contribution < 1.29 is 0 Å². The molecule has 3 rings (SSSR count). The van der Waals surface area contributed by atoms with Gasteiger partial charge in [-0.2, -0.15) is 5.10 Å². The van der Waals surface area contributed by atoms with Gasteiger partial charge >= 0.3 is 0 Å². The number of aryl methyl sites for hydroxylation is 2. The quantitative estimate of drug-likeness (QED) is 0.470. The van der Waals surface area contributed by atoms with Crippen LogP contribution in [-0.2, 0) is 0 Å². The monoisotopic (exact) mass is 468 g/mol. The number of nitrogens with zero attached hydrogens (tertiary/aromatic N) is 1. The Balaban J connectivity index is 1.80. The minimum atomic E-state index is 1.08. The van der Waals surface area contributed by atoms with E-state index in [9.17, 15) is 0 Å². The van der Waals surface area contributed by atoms with Gasteiger partial charge in [0.05, 0.1) is 36.0 Å². The molecule has 0 saturated carbocycles. The summed E-state index contributed by atoms with van der Waals surface area (Å²) in [5.74, 6) is 0. The highest BCUT2D eigenvalue weighted by Crippen LogP contribution is 2.66. The standard InChI is InChI=1S/C14H16N2S8/c1-6-8(7(2)16-15-6)20-12-11(19-5)23-14(24-12)13-21-9(17-3)10(18-4)22-13/h1-5H3,(H,15,16). The highest BCUT2D eigenvalue weighted by Gasteiger charge is 2.30. The molecule has 2 aliphatic rings. The molecule has 10 heteroatoms. The molecule has 0 aliphatic carbocycles. The third kappa shape index (κ3) is 4.21. The number of rotatable bonds is 5. The van der Waals surface area contributed by atoms with E-state index in [4.69, 9.17) is 0 Å². The number of thioether (sulfide) groups is 8. The average Bonchev–Trinajstić information content (AvgIpc) is 3.27. The summed E-state index contributed by atoms with van der Waals surface area (Å²) in [6, 6.07) is 0. The minimum Gasteiger partial charge on any atom is -0.281 e. The van der Waals surface area contributed by atoms with Gasteiger partial charge < -0.3 is 0 Å². The third-order valence-corrected chi connectivity index (χ3v) is 14.4. The number of nitrogens with one attached hydrogen (secondary N) is 1. The maximum atomic E-state index is 4.32. The van der Waals surface area contributed by atoms with Gasteiger partial charge in [-0.1, -0.05) is 58.8 Å². The zero-order chi connectivity index (χ0) is 17.3. The second-order valence-corrected chi connectivity index (χ2v) is 13.7. The molecule has 0 fully saturated rings. The fourth-order valence-electron chi connectivity index (χ4n) is 1.93. The van der Waals surface area contributed by atoms with Crippen LogP contribution < -0.4 is 0 Å². The Kier molecular flexibility index (Phi) is 7.45. The lowest BCUT2D eigenvalue weighted by Gasteiger charge is -2.03. The molecule has 2 nitrogen and oxygen atoms in total. The zero-order valence-electron chi connectivity index (χ0n) is 13.7. The molecule has 0 saturated heterocycles. The van der Waals surface area contributed by atoms with Crippen molar-refractivity contribution in [3.8, 4) is 0 Å². The molecule has 1 aromatic heterocycles. The molecule has 1 aromatic rings. The van der Waals surface area contributed by atoms with Crippen LogP contribution in [0.25, 0.3) is 0 Å². The maximum Gasteiger partial charge on any atom is 0.0733 e. The van der Waals surface area contributed by atoms with E-state index in [1.807, 2.05) is 94.1 Å². The van der Waals surface area contributed by atoms with Crippen LogP contribution in [0.4, 0.5) is 0 Å². The summed E-state index contributed by atoms with van der Waals surface area (Å²) in [5, 5.41) is 7.41. The normalized spacial score (nSPS) is 18.5. The molecule has 130 valence electrons. The van der Waals surface area contributed by atoms with E-state index in [-0.39, 0.29) is 0 Å². The van der Waals surface area contributed by atoms with Gasteiger partial charge in [0.25, 0.3) is 0 Å². The van der Waals surface area contributed by atoms with Crippen LogP contribution in [0.1, 0.15) is 11.4 Å². The van der Waals surface area contributed by atoms with Gasteiger partial charge in [0.15, 0.2) is 0 Å². The van der Waals surface area contributed by atoms with E-state index in [1.165, 1.54) is 30.3 Å². The van der Waals surface area contributed by atoms with Crippen molar-refractivity contribution in [3.05, 3.63) is 36.8 Å². The number of aromatic nitrogens is 2. The van der Waals surface area contributed by atoms with E-state index in [0.29, 0.717) is 0 Å². The summed E-state index contributed by atoms with van der Waals surface area (Å²) in [4.78, 5) is 1.26. The van der Waals surface area contributed by atoms with E-state index in [1.54, 1.807) is 0 Å². The summed E-state index contributed by atoms with van der Waals surface area (Å²) >= 11 is 15.1. The van der Waals surface area contributed by atoms with Gasteiger partial charge in [-0.05, 0) is 32.6 Å². The second kappa shape index (κ2) is 8.95. The Hall–Kier alpha value is 1.23. The maximum absolute atomic E-state index is 4.32. The number of hydrogen-bond donors (Lipinski definition) is 1. The summed E-state index contributed by atoms with van der Waals surface area (Å²) in [7, 11) is 0. The Morgan fingerprint density at radius 2 is 1.21 bits per heavy atom. The number of H-pyrrole nitrogens is 1. The molecule has 0 amide bonds. The largest absolute Gasteiger partial charge is 0.281 e. The van der Waals surface area contributed by atoms with Gasteiger partial charge in [0.1, 0.15) is 0 Å². The fraction of sp³-hybridized carbons (Fsp3) is 0.357. The first kappa shape index (κ1) is 20.0. The predicted octanol–water partition coefficient (Wildman–Crippen LogP) is 7.55. The van der Waals surface area contributed by atoms with Crippen molar-refractivity contribution in [1.29, 1.82) is 0 Å². The Labute approximate surface area is 177 Å². The molecular weight excluding hydrogens is 453 g/mol. The van der Waals surface area contributed by atoms with Gasteiger partial charge in [-0.3, -0.25) is 5.10 Å². The lowest BCUT2D eigenvalue weighted by Crippen LogP contribution is -1.77. The Bertz CT molecular complexity index is 708. The first-order valence-electron chi connectivity index (χ1n) is 6.83. The highest BCUT2D eigenvalue weighted by atomic mass is 32.3. The molecule has 0 spiro atoms. The third-order valence-electron chi connectivity index (χ3n) is 3.05. The summed E-state index contributed by atoms with van der Waals surface area (Å²) < 4.78 is 8.51. The summed E-state index contributed by atoms with van der Waals surface area (Å²) in [6.45, 7) is 4.16. The van der Waals surface area contributed by atoms with Gasteiger partial charge in [0.2, 0.25) is 0 Å². The second-order valence-electron chi connectivity index (χ2n) is 4.61. The molecule has 0 bridgehead atoms. The van der Waals surface area contributed by atoms with Crippen LogP contribution in [0.15, 0.2) is 30.3 Å². The molecule has 3 heterocycles. The fourth-order valence-corrected chi connectivity index (χ4v) is 12.6. The lowest BCUT2D eigenvalue weighted by molar-refractivity contribution is 1.02. The molecule has 2 aliphatic heterocycles. The molecular formula is C14H16N2S8. The number of hydrogen-bond acceptors (Lipinski definition) is 9. The van der Waals surface area contributed by atoms with Crippen LogP contribution in [-0.4, -0.2) is 29.0 Å².